The fraction of sp³-hybridized carbons (Fsp3) is 0.0857. The molecule has 0 aromatic heterocycles. The van der Waals surface area contributed by atoms with Gasteiger partial charge in [0.25, 0.3) is 11.8 Å². The lowest BCUT2D eigenvalue weighted by atomic mass is 9.99. The van der Waals surface area contributed by atoms with Gasteiger partial charge in [-0.3, -0.25) is 9.59 Å². The molecule has 5 rings (SSSR count). The molecule has 0 aliphatic carbocycles. The van der Waals surface area contributed by atoms with E-state index in [2.05, 4.69) is 41.7 Å². The zero-order valence-electron chi connectivity index (χ0n) is 22.1. The SMILES string of the molecule is Cc1ccc(NC(=O)c2ccccc2-c2ccccc2)cc1C(=O)N(C)Cc1ccc(-c2ccccc2)cc1. The summed E-state index contributed by atoms with van der Waals surface area (Å²) in [7, 11) is 1.80. The molecule has 192 valence electrons. The molecule has 0 spiro atoms. The van der Waals surface area contributed by atoms with Gasteiger partial charge in [0.05, 0.1) is 0 Å². The van der Waals surface area contributed by atoms with Gasteiger partial charge in [0.1, 0.15) is 0 Å². The molecule has 0 atom stereocenters. The van der Waals surface area contributed by atoms with E-state index in [1.165, 1.54) is 0 Å². The van der Waals surface area contributed by atoms with Crippen LogP contribution in [0.1, 0.15) is 31.8 Å². The first kappa shape index (κ1) is 25.7. The van der Waals surface area contributed by atoms with E-state index in [0.29, 0.717) is 23.4 Å². The zero-order valence-corrected chi connectivity index (χ0v) is 22.1. The Morgan fingerprint density at radius 1 is 0.641 bits per heavy atom. The van der Waals surface area contributed by atoms with Crippen LogP contribution in [-0.4, -0.2) is 23.8 Å². The number of nitrogens with one attached hydrogen (secondary N) is 1. The molecular formula is C35H30N2O2. The highest BCUT2D eigenvalue weighted by atomic mass is 16.2. The summed E-state index contributed by atoms with van der Waals surface area (Å²) in [5.41, 5.74) is 7.76. The van der Waals surface area contributed by atoms with E-state index in [-0.39, 0.29) is 11.8 Å². The van der Waals surface area contributed by atoms with Crippen LogP contribution in [0.5, 0.6) is 0 Å². The largest absolute Gasteiger partial charge is 0.337 e. The lowest BCUT2D eigenvalue weighted by Gasteiger charge is -2.19. The monoisotopic (exact) mass is 510 g/mol. The summed E-state index contributed by atoms with van der Waals surface area (Å²) in [4.78, 5) is 28.4. The fourth-order valence-electron chi connectivity index (χ4n) is 4.66. The molecule has 4 nitrogen and oxygen atoms in total. The van der Waals surface area contributed by atoms with Crippen LogP contribution >= 0.6 is 0 Å². The maximum atomic E-state index is 13.4. The quantitative estimate of drug-likeness (QED) is 0.242. The minimum absolute atomic E-state index is 0.0968. The van der Waals surface area contributed by atoms with E-state index in [0.717, 1.165) is 33.4 Å². The highest BCUT2D eigenvalue weighted by Gasteiger charge is 2.17. The first-order valence-corrected chi connectivity index (χ1v) is 13.0. The van der Waals surface area contributed by atoms with Crippen molar-refractivity contribution >= 4 is 17.5 Å². The van der Waals surface area contributed by atoms with Gasteiger partial charge in [-0.05, 0) is 58.5 Å². The van der Waals surface area contributed by atoms with Crippen LogP contribution in [0.15, 0.2) is 127 Å². The molecule has 5 aromatic rings. The molecule has 0 saturated carbocycles. The standard InChI is InChI=1S/C35H30N2O2/c1-25-17-22-30(36-34(38)32-16-10-9-15-31(32)29-13-7-4-8-14-29)23-33(25)35(39)37(2)24-26-18-20-28(21-19-26)27-11-5-3-6-12-27/h3-23H,24H2,1-2H3,(H,36,38). The summed E-state index contributed by atoms with van der Waals surface area (Å²) in [5, 5.41) is 2.99. The third-order valence-corrected chi connectivity index (χ3v) is 6.81. The average Bonchev–Trinajstić information content (AvgIpc) is 2.99. The molecular weight excluding hydrogens is 480 g/mol. The van der Waals surface area contributed by atoms with Crippen LogP contribution in [0.25, 0.3) is 22.3 Å². The van der Waals surface area contributed by atoms with Gasteiger partial charge in [0.2, 0.25) is 0 Å². The molecule has 5 aromatic carbocycles. The van der Waals surface area contributed by atoms with Crippen molar-refractivity contribution in [2.24, 2.45) is 0 Å². The highest BCUT2D eigenvalue weighted by Crippen LogP contribution is 2.25. The van der Waals surface area contributed by atoms with Crippen molar-refractivity contribution < 1.29 is 9.59 Å². The molecule has 1 N–H and O–H groups in total. The number of hydrogen-bond acceptors (Lipinski definition) is 2. The van der Waals surface area contributed by atoms with Crippen LogP contribution < -0.4 is 5.32 Å². The molecule has 0 fully saturated rings. The predicted molar refractivity (Wildman–Crippen MR) is 159 cm³/mol. The number of amides is 2. The van der Waals surface area contributed by atoms with E-state index in [9.17, 15) is 9.59 Å². The Balaban J connectivity index is 1.30. The molecule has 0 aliphatic rings. The Labute approximate surface area is 229 Å². The van der Waals surface area contributed by atoms with Gasteiger partial charge >= 0.3 is 0 Å². The highest BCUT2D eigenvalue weighted by molar-refractivity contribution is 6.09. The second-order valence-corrected chi connectivity index (χ2v) is 9.62. The number of carbonyl (C=O) groups is 2. The summed E-state index contributed by atoms with van der Waals surface area (Å²) in [6, 6.07) is 41.3. The number of hydrogen-bond donors (Lipinski definition) is 1. The van der Waals surface area contributed by atoms with Crippen molar-refractivity contribution in [3.05, 3.63) is 150 Å². The van der Waals surface area contributed by atoms with Crippen molar-refractivity contribution in [1.29, 1.82) is 0 Å². The molecule has 0 heterocycles. The third kappa shape index (κ3) is 5.97. The molecule has 2 amide bonds. The van der Waals surface area contributed by atoms with Gasteiger partial charge in [0, 0.05) is 30.4 Å². The van der Waals surface area contributed by atoms with Crippen molar-refractivity contribution in [3.8, 4) is 22.3 Å². The van der Waals surface area contributed by atoms with E-state index in [1.807, 2.05) is 91.9 Å². The van der Waals surface area contributed by atoms with Crippen molar-refractivity contribution in [2.75, 3.05) is 12.4 Å². The second kappa shape index (κ2) is 11.6. The summed E-state index contributed by atoms with van der Waals surface area (Å²) in [6.45, 7) is 2.39. The lowest BCUT2D eigenvalue weighted by Crippen LogP contribution is -2.27. The first-order valence-electron chi connectivity index (χ1n) is 13.0. The number of carbonyl (C=O) groups excluding carboxylic acids is 2. The molecule has 4 heteroatoms. The van der Waals surface area contributed by atoms with Crippen LogP contribution in [0, 0.1) is 6.92 Å². The second-order valence-electron chi connectivity index (χ2n) is 9.62. The number of rotatable bonds is 7. The molecule has 39 heavy (non-hydrogen) atoms. The first-order chi connectivity index (χ1) is 19.0. The van der Waals surface area contributed by atoms with E-state index in [4.69, 9.17) is 0 Å². The molecule has 0 unspecified atom stereocenters. The Bertz CT molecular complexity index is 1590. The zero-order chi connectivity index (χ0) is 27.2. The smallest absolute Gasteiger partial charge is 0.256 e. The fourth-order valence-corrected chi connectivity index (χ4v) is 4.66. The summed E-state index contributed by atoms with van der Waals surface area (Å²) >= 11 is 0. The van der Waals surface area contributed by atoms with Gasteiger partial charge < -0.3 is 10.2 Å². The van der Waals surface area contributed by atoms with Gasteiger partial charge in [-0.25, -0.2) is 0 Å². The van der Waals surface area contributed by atoms with E-state index in [1.54, 1.807) is 18.0 Å². The third-order valence-electron chi connectivity index (χ3n) is 6.81. The summed E-state index contributed by atoms with van der Waals surface area (Å²) < 4.78 is 0. The molecule has 0 aliphatic heterocycles. The topological polar surface area (TPSA) is 49.4 Å². The van der Waals surface area contributed by atoms with Gasteiger partial charge in [-0.1, -0.05) is 109 Å². The molecule has 0 bridgehead atoms. The van der Waals surface area contributed by atoms with Crippen LogP contribution in [-0.2, 0) is 6.54 Å². The van der Waals surface area contributed by atoms with Crippen LogP contribution in [0.2, 0.25) is 0 Å². The Hall–Kier alpha value is -4.96. The van der Waals surface area contributed by atoms with Crippen molar-refractivity contribution in [1.82, 2.24) is 4.90 Å². The lowest BCUT2D eigenvalue weighted by molar-refractivity contribution is 0.0784. The van der Waals surface area contributed by atoms with Gasteiger partial charge in [-0.15, -0.1) is 0 Å². The van der Waals surface area contributed by atoms with Gasteiger partial charge in [-0.2, -0.15) is 0 Å². The molecule has 0 saturated heterocycles. The van der Waals surface area contributed by atoms with E-state index < -0.39 is 0 Å². The normalized spacial score (nSPS) is 10.6. The average molecular weight is 511 g/mol. The number of anilines is 1. The minimum Gasteiger partial charge on any atom is -0.337 e. The van der Waals surface area contributed by atoms with Crippen molar-refractivity contribution in [3.63, 3.8) is 0 Å². The van der Waals surface area contributed by atoms with Gasteiger partial charge in [0.15, 0.2) is 0 Å². The van der Waals surface area contributed by atoms with E-state index >= 15 is 0 Å². The Morgan fingerprint density at radius 2 is 1.23 bits per heavy atom. The summed E-state index contributed by atoms with van der Waals surface area (Å²) in [6.07, 6.45) is 0. The summed E-state index contributed by atoms with van der Waals surface area (Å²) in [5.74, 6) is -0.316. The number of nitrogens with zero attached hydrogens (tertiary/aromatic N) is 1. The minimum atomic E-state index is -0.219. The predicted octanol–water partition coefficient (Wildman–Crippen LogP) is 7.85. The Morgan fingerprint density at radius 3 is 1.92 bits per heavy atom. The maximum absolute atomic E-state index is 13.4. The number of aryl methyl sites for hydroxylation is 1. The van der Waals surface area contributed by atoms with Crippen molar-refractivity contribution in [2.45, 2.75) is 13.5 Å². The van der Waals surface area contributed by atoms with Crippen LogP contribution in [0.3, 0.4) is 0 Å². The Kier molecular flexibility index (Phi) is 7.65. The molecule has 0 radical (unpaired) electrons. The number of benzene rings is 5. The van der Waals surface area contributed by atoms with Crippen LogP contribution in [0.4, 0.5) is 5.69 Å². The maximum Gasteiger partial charge on any atom is 0.256 e.